The second-order valence-electron chi connectivity index (χ2n) is 6.14. The highest BCUT2D eigenvalue weighted by Crippen LogP contribution is 2.32. The van der Waals surface area contributed by atoms with Gasteiger partial charge in [0, 0.05) is 11.4 Å². The van der Waals surface area contributed by atoms with Gasteiger partial charge in [-0.25, -0.2) is 14.8 Å². The van der Waals surface area contributed by atoms with E-state index in [9.17, 15) is 9.59 Å². The number of benzene rings is 1. The third-order valence-corrected chi connectivity index (χ3v) is 5.12. The first kappa shape index (κ1) is 18.3. The van der Waals surface area contributed by atoms with Crippen molar-refractivity contribution in [3.05, 3.63) is 51.4 Å². The van der Waals surface area contributed by atoms with Crippen molar-refractivity contribution in [3.63, 3.8) is 0 Å². The first-order valence-electron chi connectivity index (χ1n) is 8.56. The molecule has 0 unspecified atom stereocenters. The Morgan fingerprint density at radius 3 is 2.79 bits per heavy atom. The van der Waals surface area contributed by atoms with Crippen LogP contribution in [0.15, 0.2) is 34.2 Å². The molecule has 2 aromatic heterocycles. The van der Waals surface area contributed by atoms with Gasteiger partial charge in [-0.3, -0.25) is 4.79 Å². The van der Waals surface area contributed by atoms with Gasteiger partial charge in [0.15, 0.2) is 22.3 Å². The van der Waals surface area contributed by atoms with E-state index in [-0.39, 0.29) is 16.6 Å². The number of ether oxygens (including phenoxy) is 3. The van der Waals surface area contributed by atoms with Crippen LogP contribution in [0.25, 0.3) is 11.0 Å². The van der Waals surface area contributed by atoms with Gasteiger partial charge in [-0.1, -0.05) is 17.8 Å². The first-order valence-corrected chi connectivity index (χ1v) is 9.55. The van der Waals surface area contributed by atoms with E-state index < -0.39 is 11.5 Å². The van der Waals surface area contributed by atoms with Gasteiger partial charge >= 0.3 is 5.97 Å². The number of H-pyrrole nitrogens is 1. The van der Waals surface area contributed by atoms with Crippen LogP contribution < -0.4 is 15.0 Å². The average molecular weight is 399 g/mol. The predicted octanol–water partition coefficient (Wildman–Crippen LogP) is 2.48. The Morgan fingerprint density at radius 2 is 2.00 bits per heavy atom. The van der Waals surface area contributed by atoms with Crippen molar-refractivity contribution in [2.75, 3.05) is 20.3 Å². The molecule has 8 nitrogen and oxygen atoms in total. The number of fused-ring (bicyclic) bond motifs is 2. The number of nitrogens with one attached hydrogen (secondary N) is 1. The number of esters is 1. The van der Waals surface area contributed by atoms with Gasteiger partial charge < -0.3 is 19.2 Å². The summed E-state index contributed by atoms with van der Waals surface area (Å²) in [6, 6.07) is 7.25. The lowest BCUT2D eigenvalue weighted by atomic mass is 10.1. The molecule has 0 amide bonds. The van der Waals surface area contributed by atoms with Gasteiger partial charge in [0.25, 0.3) is 5.56 Å². The number of rotatable bonds is 4. The number of pyridine rings is 1. The number of aromatic nitrogens is 3. The summed E-state index contributed by atoms with van der Waals surface area (Å²) in [6.07, 6.45) is 0. The van der Waals surface area contributed by atoms with Crippen molar-refractivity contribution >= 4 is 28.8 Å². The summed E-state index contributed by atoms with van der Waals surface area (Å²) in [5.41, 5.74) is 1.52. The number of hydrogen-bond acceptors (Lipinski definition) is 8. The van der Waals surface area contributed by atoms with E-state index in [1.54, 1.807) is 6.92 Å². The number of nitrogens with zero attached hydrogens (tertiary/aromatic N) is 2. The minimum absolute atomic E-state index is 0.126. The second-order valence-corrected chi connectivity index (χ2v) is 7.10. The zero-order chi connectivity index (χ0) is 19.7. The average Bonchev–Trinajstić information content (AvgIpc) is 2.70. The Bertz CT molecular complexity index is 1130. The molecule has 1 aromatic carbocycles. The number of methoxy groups -OCH3 is 1. The van der Waals surface area contributed by atoms with Crippen molar-refractivity contribution in [1.29, 1.82) is 0 Å². The molecule has 0 saturated heterocycles. The van der Waals surface area contributed by atoms with Crippen LogP contribution >= 0.6 is 11.8 Å². The molecule has 144 valence electrons. The number of carbonyl (C=O) groups excluding carboxylic acids is 1. The van der Waals surface area contributed by atoms with Crippen LogP contribution in [0.2, 0.25) is 0 Å². The lowest BCUT2D eigenvalue weighted by Crippen LogP contribution is -2.16. The van der Waals surface area contributed by atoms with E-state index in [0.717, 1.165) is 11.3 Å². The third-order valence-electron chi connectivity index (χ3n) is 4.17. The van der Waals surface area contributed by atoms with Crippen LogP contribution in [0.4, 0.5) is 0 Å². The minimum Gasteiger partial charge on any atom is -0.486 e. The fraction of sp³-hybridized carbons (Fsp3) is 0.263. The van der Waals surface area contributed by atoms with Crippen LogP contribution in [0.5, 0.6) is 11.5 Å². The molecule has 0 atom stereocenters. The summed E-state index contributed by atoms with van der Waals surface area (Å²) in [5, 5.41) is 0.544. The predicted molar refractivity (Wildman–Crippen MR) is 103 cm³/mol. The molecule has 3 aromatic rings. The summed E-state index contributed by atoms with van der Waals surface area (Å²) in [5.74, 6) is 1.41. The summed E-state index contributed by atoms with van der Waals surface area (Å²) in [4.78, 5) is 36.0. The van der Waals surface area contributed by atoms with E-state index >= 15 is 0 Å². The fourth-order valence-electron chi connectivity index (χ4n) is 2.91. The van der Waals surface area contributed by atoms with Gasteiger partial charge in [-0.15, -0.1) is 0 Å². The molecule has 4 rings (SSSR count). The standard InChI is InChI=1S/C19H17N3O5S/c1-10-7-12(18(24)25-2)15-16(20-10)21-19(22-17(15)23)28-9-11-3-4-13-14(8-11)27-6-5-26-13/h3-4,7-8H,5-6,9H2,1-2H3,(H,20,21,22,23). The van der Waals surface area contributed by atoms with Crippen LogP contribution in [-0.2, 0) is 10.5 Å². The van der Waals surface area contributed by atoms with Gasteiger partial charge in [0.1, 0.15) is 13.2 Å². The maximum Gasteiger partial charge on any atom is 0.338 e. The van der Waals surface area contributed by atoms with E-state index in [4.69, 9.17) is 14.2 Å². The Kier molecular flexibility index (Phi) is 4.91. The molecule has 1 aliphatic rings. The molecule has 0 bridgehead atoms. The third kappa shape index (κ3) is 3.53. The van der Waals surface area contributed by atoms with Gasteiger partial charge in [-0.2, -0.15) is 0 Å². The topological polar surface area (TPSA) is 103 Å². The highest BCUT2D eigenvalue weighted by atomic mass is 32.2. The zero-order valence-electron chi connectivity index (χ0n) is 15.3. The van der Waals surface area contributed by atoms with Crippen LogP contribution in [0, 0.1) is 6.92 Å². The van der Waals surface area contributed by atoms with Gasteiger partial charge in [0.2, 0.25) is 0 Å². The van der Waals surface area contributed by atoms with Gasteiger partial charge in [-0.05, 0) is 30.7 Å². The Morgan fingerprint density at radius 1 is 1.21 bits per heavy atom. The van der Waals surface area contributed by atoms with E-state index in [1.807, 2.05) is 18.2 Å². The number of hydrogen-bond donors (Lipinski definition) is 1. The number of aromatic amines is 1. The quantitative estimate of drug-likeness (QED) is 0.405. The molecule has 1 aliphatic heterocycles. The van der Waals surface area contributed by atoms with Crippen LogP contribution in [-0.4, -0.2) is 41.2 Å². The Labute approximate surface area is 164 Å². The molecule has 0 saturated carbocycles. The first-order chi connectivity index (χ1) is 13.5. The molecular formula is C19H17N3O5S. The molecule has 3 heterocycles. The number of aryl methyl sites for hydroxylation is 1. The molecule has 0 fully saturated rings. The summed E-state index contributed by atoms with van der Waals surface area (Å²) in [6.45, 7) is 2.80. The molecular weight excluding hydrogens is 382 g/mol. The van der Waals surface area contributed by atoms with E-state index in [1.165, 1.54) is 24.9 Å². The second kappa shape index (κ2) is 7.51. The van der Waals surface area contributed by atoms with Crippen molar-refractivity contribution in [1.82, 2.24) is 15.0 Å². The molecule has 1 N–H and O–H groups in total. The normalized spacial score (nSPS) is 12.8. The van der Waals surface area contributed by atoms with E-state index in [2.05, 4.69) is 15.0 Å². The Hall–Kier alpha value is -3.07. The molecule has 0 radical (unpaired) electrons. The maximum atomic E-state index is 12.6. The molecule has 0 spiro atoms. The SMILES string of the molecule is COC(=O)c1cc(C)nc2nc(SCc3ccc4c(c3)OCCO4)[nH]c(=O)c12. The lowest BCUT2D eigenvalue weighted by molar-refractivity contribution is 0.0602. The minimum atomic E-state index is -0.598. The highest BCUT2D eigenvalue weighted by molar-refractivity contribution is 7.98. The van der Waals surface area contributed by atoms with Crippen LogP contribution in [0.3, 0.4) is 0 Å². The fourth-order valence-corrected chi connectivity index (χ4v) is 3.71. The maximum absolute atomic E-state index is 12.6. The number of carbonyl (C=O) groups is 1. The molecule has 28 heavy (non-hydrogen) atoms. The van der Waals surface area contributed by atoms with Crippen molar-refractivity contribution in [2.45, 2.75) is 17.8 Å². The summed E-state index contributed by atoms with van der Waals surface area (Å²) < 4.78 is 15.9. The smallest absolute Gasteiger partial charge is 0.338 e. The molecule has 0 aliphatic carbocycles. The zero-order valence-corrected chi connectivity index (χ0v) is 16.1. The van der Waals surface area contributed by atoms with Crippen molar-refractivity contribution < 1.29 is 19.0 Å². The van der Waals surface area contributed by atoms with Crippen LogP contribution in [0.1, 0.15) is 21.6 Å². The monoisotopic (exact) mass is 399 g/mol. The van der Waals surface area contributed by atoms with Crippen molar-refractivity contribution in [3.8, 4) is 11.5 Å². The summed E-state index contributed by atoms with van der Waals surface area (Å²) >= 11 is 1.36. The largest absolute Gasteiger partial charge is 0.486 e. The number of thioether (sulfide) groups is 1. The van der Waals surface area contributed by atoms with E-state index in [0.29, 0.717) is 35.6 Å². The highest BCUT2D eigenvalue weighted by Gasteiger charge is 2.18. The van der Waals surface area contributed by atoms with Crippen molar-refractivity contribution in [2.24, 2.45) is 0 Å². The lowest BCUT2D eigenvalue weighted by Gasteiger charge is -2.18. The molecule has 9 heteroatoms. The van der Waals surface area contributed by atoms with Gasteiger partial charge in [0.05, 0.1) is 18.1 Å². The Balaban J connectivity index is 1.63. The summed E-state index contributed by atoms with van der Waals surface area (Å²) in [7, 11) is 1.27.